The van der Waals surface area contributed by atoms with Gasteiger partial charge in [-0.3, -0.25) is 10.2 Å². The molecule has 0 aromatic heterocycles. The van der Waals surface area contributed by atoms with E-state index in [1.807, 2.05) is 59.1 Å². The molecule has 1 atom stereocenters. The summed E-state index contributed by atoms with van der Waals surface area (Å²) < 4.78 is 0. The van der Waals surface area contributed by atoms with Gasteiger partial charge in [-0.15, -0.1) is 0 Å². The lowest BCUT2D eigenvalue weighted by molar-refractivity contribution is 0.0953. The Labute approximate surface area is 157 Å². The Kier molecular flexibility index (Phi) is 6.14. The van der Waals surface area contributed by atoms with E-state index in [-0.39, 0.29) is 11.9 Å². The van der Waals surface area contributed by atoms with Crippen molar-refractivity contribution < 1.29 is 9.59 Å². The van der Waals surface area contributed by atoms with Crippen LogP contribution >= 0.6 is 11.8 Å². The summed E-state index contributed by atoms with van der Waals surface area (Å²) in [6, 6.07) is 16.8. The Hall–Kier alpha value is -2.51. The zero-order valence-electron chi connectivity index (χ0n) is 14.4. The normalized spacial score (nSPS) is 16.8. The number of anilines is 1. The molecule has 4 N–H and O–H groups in total. The van der Waals surface area contributed by atoms with Crippen LogP contribution in [0.25, 0.3) is 0 Å². The van der Waals surface area contributed by atoms with Gasteiger partial charge >= 0.3 is 6.03 Å². The Morgan fingerprint density at radius 1 is 1.12 bits per heavy atom. The Morgan fingerprint density at radius 2 is 1.85 bits per heavy atom. The molecule has 3 amide bonds. The summed E-state index contributed by atoms with van der Waals surface area (Å²) in [6.45, 7) is 1.45. The smallest absolute Gasteiger partial charge is 0.321 e. The molecule has 6 nitrogen and oxygen atoms in total. The van der Waals surface area contributed by atoms with Crippen LogP contribution < -0.4 is 16.6 Å². The van der Waals surface area contributed by atoms with Crippen LogP contribution in [0.2, 0.25) is 0 Å². The van der Waals surface area contributed by atoms with Crippen molar-refractivity contribution in [2.45, 2.75) is 11.7 Å². The van der Waals surface area contributed by atoms with Crippen LogP contribution in [0.5, 0.6) is 0 Å². The number of amides is 3. The number of hydrogen-bond acceptors (Lipinski definition) is 4. The number of nitrogens with two attached hydrogens (primary N) is 1. The van der Waals surface area contributed by atoms with Crippen molar-refractivity contribution in [2.24, 2.45) is 5.84 Å². The number of urea groups is 1. The number of nitrogen functional groups attached to an aromatic ring is 1. The number of para-hydroxylation sites is 1. The van der Waals surface area contributed by atoms with Crippen molar-refractivity contribution in [3.8, 4) is 0 Å². The molecule has 26 heavy (non-hydrogen) atoms. The summed E-state index contributed by atoms with van der Waals surface area (Å²) >= 11 is 1.88. The lowest BCUT2D eigenvalue weighted by atomic mass is 10.1. The van der Waals surface area contributed by atoms with Crippen molar-refractivity contribution in [3.63, 3.8) is 0 Å². The topological polar surface area (TPSA) is 87.5 Å². The van der Waals surface area contributed by atoms with Crippen LogP contribution in [0.15, 0.2) is 54.6 Å². The number of hydrogen-bond donors (Lipinski definition) is 3. The van der Waals surface area contributed by atoms with Gasteiger partial charge in [-0.2, -0.15) is 11.8 Å². The number of benzene rings is 2. The SMILES string of the molecule is NNC(=O)c1ccc(CC2CN(C(=O)Nc3ccccc3)CCS2)cc1. The summed E-state index contributed by atoms with van der Waals surface area (Å²) in [4.78, 5) is 25.8. The predicted octanol–water partition coefficient (Wildman–Crippen LogP) is 2.48. The standard InChI is InChI=1S/C19H22N4O2S/c20-22-18(24)15-8-6-14(7-9-15)12-17-13-23(10-11-26-17)19(25)21-16-4-2-1-3-5-16/h1-9,17H,10-13,20H2,(H,21,25)(H,22,24). The third-order valence-corrected chi connectivity index (χ3v) is 5.47. The molecule has 0 radical (unpaired) electrons. The molecule has 0 spiro atoms. The monoisotopic (exact) mass is 370 g/mol. The second-order valence-electron chi connectivity index (χ2n) is 6.11. The first-order valence-corrected chi connectivity index (χ1v) is 9.53. The van der Waals surface area contributed by atoms with Crippen LogP contribution in [0.3, 0.4) is 0 Å². The van der Waals surface area contributed by atoms with E-state index in [1.165, 1.54) is 0 Å². The first kappa shape index (κ1) is 18.3. The molecular formula is C19H22N4O2S. The number of thioether (sulfide) groups is 1. The van der Waals surface area contributed by atoms with Gasteiger partial charge in [-0.05, 0) is 36.2 Å². The lowest BCUT2D eigenvalue weighted by Crippen LogP contribution is -2.44. The average molecular weight is 370 g/mol. The van der Waals surface area contributed by atoms with Crippen LogP contribution in [-0.2, 0) is 6.42 Å². The van der Waals surface area contributed by atoms with E-state index < -0.39 is 0 Å². The molecule has 136 valence electrons. The zero-order valence-corrected chi connectivity index (χ0v) is 15.2. The third-order valence-electron chi connectivity index (χ3n) is 4.26. The maximum absolute atomic E-state index is 12.5. The molecule has 0 bridgehead atoms. The van der Waals surface area contributed by atoms with Crippen molar-refractivity contribution in [2.75, 3.05) is 24.2 Å². The minimum Gasteiger partial charge on any atom is -0.323 e. The lowest BCUT2D eigenvalue weighted by Gasteiger charge is -2.32. The quantitative estimate of drug-likeness (QED) is 0.438. The van der Waals surface area contributed by atoms with Gasteiger partial charge in [0.15, 0.2) is 0 Å². The Balaban J connectivity index is 1.56. The van der Waals surface area contributed by atoms with Gasteiger partial charge in [-0.25, -0.2) is 10.6 Å². The molecule has 1 heterocycles. The predicted molar refractivity (Wildman–Crippen MR) is 105 cm³/mol. The van der Waals surface area contributed by atoms with Gasteiger partial charge in [0.1, 0.15) is 0 Å². The molecule has 1 aliphatic rings. The zero-order chi connectivity index (χ0) is 18.4. The van der Waals surface area contributed by atoms with E-state index in [9.17, 15) is 9.59 Å². The fourth-order valence-corrected chi connectivity index (χ4v) is 4.14. The van der Waals surface area contributed by atoms with E-state index in [1.54, 1.807) is 12.1 Å². The number of nitrogens with zero attached hydrogens (tertiary/aromatic N) is 1. The maximum Gasteiger partial charge on any atom is 0.321 e. The largest absolute Gasteiger partial charge is 0.323 e. The third kappa shape index (κ3) is 4.77. The molecule has 0 aliphatic carbocycles. The van der Waals surface area contributed by atoms with Gasteiger partial charge in [-0.1, -0.05) is 30.3 Å². The highest BCUT2D eigenvalue weighted by Gasteiger charge is 2.24. The molecular weight excluding hydrogens is 348 g/mol. The molecule has 2 aromatic rings. The highest BCUT2D eigenvalue weighted by atomic mass is 32.2. The molecule has 2 aromatic carbocycles. The number of carbonyl (C=O) groups is 2. The number of carbonyl (C=O) groups excluding carboxylic acids is 2. The summed E-state index contributed by atoms with van der Waals surface area (Å²) in [5.74, 6) is 5.76. The van der Waals surface area contributed by atoms with Crippen molar-refractivity contribution in [3.05, 3.63) is 65.7 Å². The van der Waals surface area contributed by atoms with Gasteiger partial charge in [0.05, 0.1) is 0 Å². The summed E-state index contributed by atoms with van der Waals surface area (Å²) in [5, 5.41) is 3.28. The van der Waals surface area contributed by atoms with Crippen LogP contribution in [0, 0.1) is 0 Å². The van der Waals surface area contributed by atoms with Crippen LogP contribution in [0.4, 0.5) is 10.5 Å². The molecule has 3 rings (SSSR count). The fraction of sp³-hybridized carbons (Fsp3) is 0.263. The highest BCUT2D eigenvalue weighted by Crippen LogP contribution is 2.23. The second kappa shape index (κ2) is 8.73. The van der Waals surface area contributed by atoms with E-state index in [0.29, 0.717) is 17.4 Å². The molecule has 1 saturated heterocycles. The number of rotatable bonds is 4. The van der Waals surface area contributed by atoms with Crippen molar-refractivity contribution >= 4 is 29.4 Å². The molecule has 1 fully saturated rings. The van der Waals surface area contributed by atoms with Crippen LogP contribution in [-0.4, -0.2) is 40.9 Å². The first-order valence-electron chi connectivity index (χ1n) is 8.48. The highest BCUT2D eigenvalue weighted by molar-refractivity contribution is 8.00. The summed E-state index contributed by atoms with van der Waals surface area (Å²) in [7, 11) is 0. The van der Waals surface area contributed by atoms with E-state index >= 15 is 0 Å². The Bertz CT molecular complexity index is 752. The minimum atomic E-state index is -0.299. The second-order valence-corrected chi connectivity index (χ2v) is 7.52. The number of nitrogens with one attached hydrogen (secondary N) is 2. The van der Waals surface area contributed by atoms with Gasteiger partial charge < -0.3 is 10.2 Å². The van der Waals surface area contributed by atoms with E-state index in [4.69, 9.17) is 5.84 Å². The first-order chi connectivity index (χ1) is 12.7. The minimum absolute atomic E-state index is 0.0588. The van der Waals surface area contributed by atoms with Gasteiger partial charge in [0, 0.05) is 35.3 Å². The Morgan fingerprint density at radius 3 is 2.54 bits per heavy atom. The average Bonchev–Trinajstić information content (AvgIpc) is 2.69. The van der Waals surface area contributed by atoms with Crippen molar-refractivity contribution in [1.29, 1.82) is 0 Å². The van der Waals surface area contributed by atoms with Gasteiger partial charge in [0.25, 0.3) is 5.91 Å². The summed E-state index contributed by atoms with van der Waals surface area (Å²) in [5.41, 5.74) is 4.61. The molecule has 1 unspecified atom stereocenters. The molecule has 7 heteroatoms. The summed E-state index contributed by atoms with van der Waals surface area (Å²) in [6.07, 6.45) is 0.851. The molecule has 1 aliphatic heterocycles. The van der Waals surface area contributed by atoms with Gasteiger partial charge in [0.2, 0.25) is 0 Å². The fourth-order valence-electron chi connectivity index (χ4n) is 2.89. The molecule has 0 saturated carbocycles. The van der Waals surface area contributed by atoms with Crippen LogP contribution in [0.1, 0.15) is 15.9 Å². The van der Waals surface area contributed by atoms with E-state index in [0.717, 1.165) is 30.0 Å². The maximum atomic E-state index is 12.5. The number of hydrazine groups is 1. The van der Waals surface area contributed by atoms with Crippen molar-refractivity contribution in [1.82, 2.24) is 10.3 Å². The van der Waals surface area contributed by atoms with E-state index in [2.05, 4.69) is 10.7 Å².